The molecule has 0 spiro atoms. The predicted molar refractivity (Wildman–Crippen MR) is 121 cm³/mol. The zero-order valence-electron chi connectivity index (χ0n) is 17.5. The quantitative estimate of drug-likeness (QED) is 0.407. The molecule has 0 aliphatic carbocycles. The normalized spacial score (nSPS) is 11.4. The highest BCUT2D eigenvalue weighted by molar-refractivity contribution is 7.91. The molecule has 3 aromatic rings. The van der Waals surface area contributed by atoms with Crippen LogP contribution >= 0.6 is 0 Å². The average molecular weight is 425 g/mol. The lowest BCUT2D eigenvalue weighted by Crippen LogP contribution is -2.04. The lowest BCUT2D eigenvalue weighted by molar-refractivity contribution is 0.107. The molecule has 3 aromatic carbocycles. The summed E-state index contributed by atoms with van der Waals surface area (Å²) in [5.41, 5.74) is 4.04. The van der Waals surface area contributed by atoms with Crippen LogP contribution in [0.15, 0.2) is 77.7 Å². The molecule has 0 fully saturated rings. The van der Waals surface area contributed by atoms with Gasteiger partial charge in [0.2, 0.25) is 0 Å². The summed E-state index contributed by atoms with van der Waals surface area (Å²) in [5, 5.41) is 0. The van der Waals surface area contributed by atoms with Gasteiger partial charge in [-0.25, -0.2) is 8.42 Å². The second-order valence-corrected chi connectivity index (χ2v) is 9.43. The Kier molecular flexibility index (Phi) is 7.66. The molecule has 0 atom stereocenters. The summed E-state index contributed by atoms with van der Waals surface area (Å²) in [6.45, 7) is 5.49. The van der Waals surface area contributed by atoms with Gasteiger partial charge >= 0.3 is 0 Å². The van der Waals surface area contributed by atoms with Crippen LogP contribution in [0.25, 0.3) is 11.1 Å². The largest absolute Gasteiger partial charge is 0.493 e. The molecule has 0 radical (unpaired) electrons. The van der Waals surface area contributed by atoms with Crippen molar-refractivity contribution >= 4 is 9.84 Å². The zero-order chi connectivity index (χ0) is 21.4. The van der Waals surface area contributed by atoms with E-state index in [2.05, 4.69) is 12.1 Å². The van der Waals surface area contributed by atoms with Crippen LogP contribution in [0, 0.1) is 6.92 Å². The fourth-order valence-electron chi connectivity index (χ4n) is 3.13. The fourth-order valence-corrected chi connectivity index (χ4v) is 4.06. The van der Waals surface area contributed by atoms with Crippen LogP contribution in [-0.4, -0.2) is 27.4 Å². The third-order valence-electron chi connectivity index (χ3n) is 4.88. The van der Waals surface area contributed by atoms with Crippen LogP contribution < -0.4 is 4.74 Å². The van der Waals surface area contributed by atoms with Gasteiger partial charge in [0, 0.05) is 6.42 Å². The van der Waals surface area contributed by atoms with Crippen LogP contribution in [0.5, 0.6) is 5.75 Å². The molecular weight excluding hydrogens is 396 g/mol. The lowest BCUT2D eigenvalue weighted by Gasteiger charge is -2.12. The van der Waals surface area contributed by atoms with Gasteiger partial charge < -0.3 is 9.47 Å². The first-order valence-electron chi connectivity index (χ1n) is 10.2. The van der Waals surface area contributed by atoms with Gasteiger partial charge in [-0.3, -0.25) is 0 Å². The minimum Gasteiger partial charge on any atom is -0.493 e. The van der Waals surface area contributed by atoms with Crippen molar-refractivity contribution in [2.45, 2.75) is 31.8 Å². The van der Waals surface area contributed by atoms with Gasteiger partial charge in [-0.1, -0.05) is 55.5 Å². The summed E-state index contributed by atoms with van der Waals surface area (Å²) in [5.74, 6) is 0.927. The summed E-state index contributed by atoms with van der Waals surface area (Å²) in [6.07, 6.45) is 0.810. The van der Waals surface area contributed by atoms with Crippen molar-refractivity contribution in [3.8, 4) is 16.9 Å². The van der Waals surface area contributed by atoms with E-state index in [0.717, 1.165) is 28.9 Å². The maximum Gasteiger partial charge on any atom is 0.178 e. The van der Waals surface area contributed by atoms with E-state index in [1.807, 2.05) is 49.4 Å². The summed E-state index contributed by atoms with van der Waals surface area (Å²) in [6, 6.07) is 23.1. The molecule has 3 rings (SSSR count). The molecule has 30 heavy (non-hydrogen) atoms. The molecule has 0 unspecified atom stereocenters. The Balaban J connectivity index is 1.53. The molecular formula is C25H28O4S. The van der Waals surface area contributed by atoms with E-state index >= 15 is 0 Å². The maximum atomic E-state index is 12.1. The molecule has 0 amide bonds. The van der Waals surface area contributed by atoms with E-state index in [1.165, 1.54) is 5.56 Å². The Morgan fingerprint density at radius 2 is 1.60 bits per heavy atom. The monoisotopic (exact) mass is 424 g/mol. The van der Waals surface area contributed by atoms with Gasteiger partial charge in [-0.2, -0.15) is 0 Å². The zero-order valence-corrected chi connectivity index (χ0v) is 18.3. The van der Waals surface area contributed by atoms with Crippen molar-refractivity contribution in [2.24, 2.45) is 0 Å². The number of hydrogen-bond acceptors (Lipinski definition) is 4. The smallest absolute Gasteiger partial charge is 0.178 e. The molecule has 0 aromatic heterocycles. The van der Waals surface area contributed by atoms with Gasteiger partial charge in [0.05, 0.1) is 30.5 Å². The molecule has 5 heteroatoms. The second kappa shape index (κ2) is 10.4. The number of rotatable bonds is 10. The average Bonchev–Trinajstić information content (AvgIpc) is 2.77. The Morgan fingerprint density at radius 1 is 0.833 bits per heavy atom. The minimum absolute atomic E-state index is 0.0946. The van der Waals surface area contributed by atoms with E-state index in [9.17, 15) is 8.42 Å². The van der Waals surface area contributed by atoms with Crippen molar-refractivity contribution in [3.05, 3.63) is 83.9 Å². The van der Waals surface area contributed by atoms with Gasteiger partial charge in [-0.15, -0.1) is 0 Å². The molecule has 0 saturated heterocycles. The summed E-state index contributed by atoms with van der Waals surface area (Å²) >= 11 is 0. The van der Waals surface area contributed by atoms with Gasteiger partial charge in [0.15, 0.2) is 9.84 Å². The Hall–Kier alpha value is -2.63. The highest BCUT2D eigenvalue weighted by Crippen LogP contribution is 2.28. The SMILES string of the molecule is CCS(=O)(=O)c1cccc(-c2ccc(OCCCOCc3ccccc3)c(C)c2)c1. The Morgan fingerprint density at radius 3 is 2.33 bits per heavy atom. The second-order valence-electron chi connectivity index (χ2n) is 7.15. The highest BCUT2D eigenvalue weighted by Gasteiger charge is 2.12. The van der Waals surface area contributed by atoms with Crippen molar-refractivity contribution in [3.63, 3.8) is 0 Å². The standard InChI is InChI=1S/C25H28O4S/c1-3-30(26,27)24-12-7-11-22(18-24)23-13-14-25(20(2)17-23)29-16-8-15-28-19-21-9-5-4-6-10-21/h4-7,9-14,17-18H,3,8,15-16,19H2,1-2H3. The van der Waals surface area contributed by atoms with Crippen molar-refractivity contribution < 1.29 is 17.9 Å². The molecule has 0 heterocycles. The molecule has 0 bridgehead atoms. The van der Waals surface area contributed by atoms with Crippen molar-refractivity contribution in [2.75, 3.05) is 19.0 Å². The van der Waals surface area contributed by atoms with E-state index in [-0.39, 0.29) is 5.75 Å². The summed E-state index contributed by atoms with van der Waals surface area (Å²) in [7, 11) is -3.22. The molecule has 4 nitrogen and oxygen atoms in total. The topological polar surface area (TPSA) is 52.6 Å². The van der Waals surface area contributed by atoms with Crippen molar-refractivity contribution in [1.82, 2.24) is 0 Å². The number of aryl methyl sites for hydroxylation is 1. The molecule has 0 aliphatic heterocycles. The van der Waals surface area contributed by atoms with Crippen LogP contribution in [-0.2, 0) is 21.2 Å². The molecule has 158 valence electrons. The molecule has 0 aliphatic rings. The van der Waals surface area contributed by atoms with Crippen molar-refractivity contribution in [1.29, 1.82) is 0 Å². The number of benzene rings is 3. The van der Waals surface area contributed by atoms with Gasteiger partial charge in [0.1, 0.15) is 5.75 Å². The van der Waals surface area contributed by atoms with E-state index < -0.39 is 9.84 Å². The Labute approximate surface area is 179 Å². The lowest BCUT2D eigenvalue weighted by atomic mass is 10.0. The first kappa shape index (κ1) is 22.1. The summed E-state index contributed by atoms with van der Waals surface area (Å²) < 4.78 is 35.9. The first-order valence-corrected chi connectivity index (χ1v) is 11.8. The minimum atomic E-state index is -3.22. The van der Waals surface area contributed by atoms with Crippen LogP contribution in [0.3, 0.4) is 0 Å². The fraction of sp³-hybridized carbons (Fsp3) is 0.280. The van der Waals surface area contributed by atoms with Crippen LogP contribution in [0.1, 0.15) is 24.5 Å². The summed E-state index contributed by atoms with van der Waals surface area (Å²) in [4.78, 5) is 0.357. The molecule has 0 saturated carbocycles. The van der Waals surface area contributed by atoms with E-state index in [0.29, 0.717) is 24.7 Å². The first-order chi connectivity index (χ1) is 14.5. The van der Waals surface area contributed by atoms with Crippen LogP contribution in [0.2, 0.25) is 0 Å². The van der Waals surface area contributed by atoms with Gasteiger partial charge in [-0.05, 0) is 53.4 Å². The number of hydrogen-bond donors (Lipinski definition) is 0. The third kappa shape index (κ3) is 5.94. The highest BCUT2D eigenvalue weighted by atomic mass is 32.2. The molecule has 0 N–H and O–H groups in total. The third-order valence-corrected chi connectivity index (χ3v) is 6.62. The van der Waals surface area contributed by atoms with E-state index in [4.69, 9.17) is 9.47 Å². The Bertz CT molecular complexity index is 1060. The van der Waals surface area contributed by atoms with Gasteiger partial charge in [0.25, 0.3) is 0 Å². The van der Waals surface area contributed by atoms with E-state index in [1.54, 1.807) is 25.1 Å². The number of sulfone groups is 1. The van der Waals surface area contributed by atoms with Crippen LogP contribution in [0.4, 0.5) is 0 Å². The predicted octanol–water partition coefficient (Wildman–Crippen LogP) is 5.44. The number of ether oxygens (including phenoxy) is 2. The maximum absolute atomic E-state index is 12.1.